The minimum Gasteiger partial charge on any atom is -0.507 e. The van der Waals surface area contributed by atoms with Crippen molar-refractivity contribution in [1.29, 1.82) is 0 Å². The normalized spacial score (nSPS) is 15.8. The summed E-state index contributed by atoms with van der Waals surface area (Å²) < 4.78 is 0. The van der Waals surface area contributed by atoms with Crippen molar-refractivity contribution < 1.29 is 19.5 Å². The largest absolute Gasteiger partial charge is 0.507 e. The molecule has 6 rings (SSSR count). The molecule has 4 aromatic rings. The van der Waals surface area contributed by atoms with Crippen LogP contribution in [0.15, 0.2) is 91.1 Å². The highest BCUT2D eigenvalue weighted by Crippen LogP contribution is 2.36. The predicted molar refractivity (Wildman–Crippen MR) is 188 cm³/mol. The molecule has 0 atom stereocenters. The maximum atomic E-state index is 11.9. The smallest absolute Gasteiger partial charge is 0.328 e. The highest BCUT2D eigenvalue weighted by atomic mass is 16.3. The lowest BCUT2D eigenvalue weighted by molar-refractivity contribution is -0.113. The van der Waals surface area contributed by atoms with E-state index in [4.69, 9.17) is 0 Å². The molecule has 1 aromatic heterocycles. The number of carbonyl (C=O) groups excluding carboxylic acids is 3. The molecular formula is C38H44N6O4. The number of aldehydes is 1. The zero-order valence-electron chi connectivity index (χ0n) is 27.4. The first kappa shape index (κ1) is 34.3. The van der Waals surface area contributed by atoms with Crippen LogP contribution in [0.3, 0.4) is 0 Å². The van der Waals surface area contributed by atoms with Crippen molar-refractivity contribution in [1.82, 2.24) is 20.8 Å². The lowest BCUT2D eigenvalue weighted by Crippen LogP contribution is -2.43. The van der Waals surface area contributed by atoms with E-state index >= 15 is 0 Å². The Kier molecular flexibility index (Phi) is 11.9. The number of hydrogen-bond donors (Lipinski definition) is 3. The van der Waals surface area contributed by atoms with Gasteiger partial charge in [-0.25, -0.2) is 4.79 Å². The van der Waals surface area contributed by atoms with Crippen LogP contribution in [0.1, 0.15) is 56.1 Å². The van der Waals surface area contributed by atoms with Crippen LogP contribution in [-0.4, -0.2) is 66.8 Å². The molecule has 3 N–H and O–H groups in total. The number of piperidine rings is 2. The number of urea groups is 1. The number of aromatic hydroxyl groups is 1. The fourth-order valence-electron chi connectivity index (χ4n) is 6.54. The standard InChI is InChI=1S/C22H21N3O2.C16H23N3O2/c26-16-22(17-6-2-1-3-7-17)10-12-25(13-11-22)18-14-20(24-23-15-18)19-8-4-5-9-21(19)27;1-2-11-19(16(21)18-12-20)15-5-3-13(4-6-15)14-7-9-17-10-8-14/h1-9,14-16,27H,10-13H2;3-6,12,14,17H,2,7-11H2,1H3,(H,18,20,21). The zero-order chi connectivity index (χ0) is 33.8. The summed E-state index contributed by atoms with van der Waals surface area (Å²) in [4.78, 5) is 38.1. The summed E-state index contributed by atoms with van der Waals surface area (Å²) in [5, 5.41) is 23.9. The van der Waals surface area contributed by atoms with Crippen molar-refractivity contribution in [3.8, 4) is 17.0 Å². The first-order chi connectivity index (χ1) is 23.5. The third kappa shape index (κ3) is 8.24. The van der Waals surface area contributed by atoms with E-state index in [1.54, 1.807) is 23.2 Å². The minimum absolute atomic E-state index is 0.187. The molecular weight excluding hydrogens is 604 g/mol. The van der Waals surface area contributed by atoms with E-state index in [2.05, 4.69) is 37.9 Å². The van der Waals surface area contributed by atoms with Gasteiger partial charge in [0.2, 0.25) is 6.41 Å². The molecule has 2 fully saturated rings. The van der Waals surface area contributed by atoms with Crippen LogP contribution in [0.2, 0.25) is 0 Å². The number of imide groups is 1. The highest BCUT2D eigenvalue weighted by molar-refractivity contribution is 5.97. The number of carbonyl (C=O) groups is 3. The fourth-order valence-corrected chi connectivity index (χ4v) is 6.54. The van der Waals surface area contributed by atoms with Gasteiger partial charge in [0.05, 0.1) is 23.0 Å². The van der Waals surface area contributed by atoms with Gasteiger partial charge in [0.1, 0.15) is 12.0 Å². The Hall–Kier alpha value is -5.09. The lowest BCUT2D eigenvalue weighted by atomic mass is 9.74. The molecule has 0 spiro atoms. The number of phenolic OH excluding ortho intramolecular Hbond substituents is 1. The summed E-state index contributed by atoms with van der Waals surface area (Å²) in [6.45, 7) is 6.25. The second-order valence-corrected chi connectivity index (χ2v) is 12.3. The number of phenols is 1. The van der Waals surface area contributed by atoms with E-state index in [1.165, 1.54) is 5.56 Å². The van der Waals surface area contributed by atoms with E-state index in [0.29, 0.717) is 30.1 Å². The number of rotatable bonds is 9. The van der Waals surface area contributed by atoms with Gasteiger partial charge in [0.25, 0.3) is 0 Å². The average Bonchev–Trinajstić information content (AvgIpc) is 3.15. The average molecular weight is 649 g/mol. The number of benzene rings is 3. The Morgan fingerprint density at radius 2 is 1.69 bits per heavy atom. The molecule has 0 aliphatic carbocycles. The van der Waals surface area contributed by atoms with Gasteiger partial charge < -0.3 is 20.1 Å². The lowest BCUT2D eigenvalue weighted by Gasteiger charge is -2.39. The van der Waals surface area contributed by atoms with Crippen molar-refractivity contribution >= 4 is 30.1 Å². The first-order valence-corrected chi connectivity index (χ1v) is 16.7. The summed E-state index contributed by atoms with van der Waals surface area (Å²) in [6, 6.07) is 26.8. The number of hydrogen-bond acceptors (Lipinski definition) is 8. The van der Waals surface area contributed by atoms with Crippen LogP contribution in [0.5, 0.6) is 5.75 Å². The molecule has 48 heavy (non-hydrogen) atoms. The number of nitrogens with zero attached hydrogens (tertiary/aromatic N) is 4. The Labute approximate surface area is 282 Å². The number of anilines is 2. The maximum Gasteiger partial charge on any atom is 0.328 e. The summed E-state index contributed by atoms with van der Waals surface area (Å²) in [7, 11) is 0. The van der Waals surface area contributed by atoms with Crippen LogP contribution in [-0.2, 0) is 15.0 Å². The Balaban J connectivity index is 0.000000194. The molecule has 2 aliphatic heterocycles. The molecule has 250 valence electrons. The number of amides is 3. The SMILES string of the molecule is CCCN(C(=O)NC=O)c1ccc(C2CCNCC2)cc1.O=CC1(c2ccccc2)CCN(c2cnnc(-c3ccccc3O)c2)CC1. The molecule has 3 amide bonds. The summed E-state index contributed by atoms with van der Waals surface area (Å²) in [6.07, 6.45) is 7.94. The molecule has 3 heterocycles. The molecule has 2 aliphatic rings. The second kappa shape index (κ2) is 16.6. The zero-order valence-corrected chi connectivity index (χ0v) is 27.4. The van der Waals surface area contributed by atoms with Crippen molar-refractivity contribution in [2.45, 2.75) is 50.4 Å². The van der Waals surface area contributed by atoms with Gasteiger partial charge in [-0.1, -0.05) is 61.5 Å². The minimum atomic E-state index is -0.418. The number of para-hydroxylation sites is 1. The van der Waals surface area contributed by atoms with E-state index in [1.807, 2.05) is 67.6 Å². The Morgan fingerprint density at radius 1 is 1.00 bits per heavy atom. The Bertz CT molecular complexity index is 1630. The van der Waals surface area contributed by atoms with E-state index in [0.717, 1.165) is 81.5 Å². The fraction of sp³-hybridized carbons (Fsp3) is 0.342. The molecule has 0 radical (unpaired) electrons. The quantitative estimate of drug-likeness (QED) is 0.194. The molecule has 0 bridgehead atoms. The van der Waals surface area contributed by atoms with Gasteiger partial charge in [-0.05, 0) is 92.6 Å². The van der Waals surface area contributed by atoms with Crippen LogP contribution >= 0.6 is 0 Å². The molecule has 10 nitrogen and oxygen atoms in total. The van der Waals surface area contributed by atoms with Crippen LogP contribution in [0.25, 0.3) is 11.3 Å². The van der Waals surface area contributed by atoms with Gasteiger partial charge in [-0.15, -0.1) is 0 Å². The predicted octanol–water partition coefficient (Wildman–Crippen LogP) is 5.82. The van der Waals surface area contributed by atoms with Gasteiger partial charge in [-0.2, -0.15) is 10.2 Å². The second-order valence-electron chi connectivity index (χ2n) is 12.3. The van der Waals surface area contributed by atoms with E-state index in [-0.39, 0.29) is 11.8 Å². The van der Waals surface area contributed by atoms with Crippen molar-refractivity contribution in [3.63, 3.8) is 0 Å². The monoisotopic (exact) mass is 648 g/mol. The van der Waals surface area contributed by atoms with Crippen LogP contribution < -0.4 is 20.4 Å². The van der Waals surface area contributed by atoms with Crippen molar-refractivity contribution in [2.24, 2.45) is 0 Å². The van der Waals surface area contributed by atoms with Gasteiger partial charge in [0, 0.05) is 30.9 Å². The van der Waals surface area contributed by atoms with E-state index in [9.17, 15) is 19.5 Å². The highest BCUT2D eigenvalue weighted by Gasteiger charge is 2.36. The van der Waals surface area contributed by atoms with Crippen molar-refractivity contribution in [2.75, 3.05) is 42.5 Å². The summed E-state index contributed by atoms with van der Waals surface area (Å²) >= 11 is 0. The Morgan fingerprint density at radius 3 is 2.33 bits per heavy atom. The van der Waals surface area contributed by atoms with Gasteiger partial charge in [0.15, 0.2) is 0 Å². The van der Waals surface area contributed by atoms with Crippen molar-refractivity contribution in [3.05, 3.63) is 102 Å². The summed E-state index contributed by atoms with van der Waals surface area (Å²) in [5.41, 5.74) is 5.08. The molecule has 10 heteroatoms. The third-order valence-electron chi connectivity index (χ3n) is 9.31. The maximum absolute atomic E-state index is 11.9. The molecule has 3 aromatic carbocycles. The van der Waals surface area contributed by atoms with Crippen LogP contribution in [0.4, 0.5) is 16.2 Å². The number of nitrogens with one attached hydrogen (secondary N) is 2. The number of aromatic nitrogens is 2. The van der Waals surface area contributed by atoms with Gasteiger partial charge in [-0.3, -0.25) is 15.0 Å². The molecule has 0 unspecified atom stereocenters. The van der Waals surface area contributed by atoms with Crippen LogP contribution in [0, 0.1) is 0 Å². The van der Waals surface area contributed by atoms with E-state index < -0.39 is 5.41 Å². The van der Waals surface area contributed by atoms with Gasteiger partial charge >= 0.3 is 6.03 Å². The molecule has 2 saturated heterocycles. The molecule has 0 saturated carbocycles. The first-order valence-electron chi connectivity index (χ1n) is 16.7. The topological polar surface area (TPSA) is 128 Å². The third-order valence-corrected chi connectivity index (χ3v) is 9.31. The summed E-state index contributed by atoms with van der Waals surface area (Å²) in [5.74, 6) is 0.787.